The van der Waals surface area contributed by atoms with E-state index < -0.39 is 0 Å². The molecule has 0 aliphatic rings. The van der Waals surface area contributed by atoms with Crippen molar-refractivity contribution in [2.24, 2.45) is 0 Å². The molecule has 0 aliphatic heterocycles. The van der Waals surface area contributed by atoms with Crippen molar-refractivity contribution in [1.29, 1.82) is 0 Å². The molecule has 0 saturated heterocycles. The zero-order chi connectivity index (χ0) is 15.5. The van der Waals surface area contributed by atoms with Crippen LogP contribution < -0.4 is 5.32 Å². The number of nitrogens with zero attached hydrogens (tertiary/aromatic N) is 1. The van der Waals surface area contributed by atoms with Gasteiger partial charge in [-0.3, -0.25) is 0 Å². The smallest absolute Gasteiger partial charge is 0.123 e. The van der Waals surface area contributed by atoms with Crippen LogP contribution in [0.1, 0.15) is 56.4 Å². The SMILES string of the molecule is CCCNC(C)c1csc(C(C)(C)c2ccc(F)cc2)n1. The molecule has 1 aromatic heterocycles. The van der Waals surface area contributed by atoms with E-state index in [-0.39, 0.29) is 17.3 Å². The number of hydrogen-bond donors (Lipinski definition) is 1. The minimum absolute atomic E-state index is 0.202. The van der Waals surface area contributed by atoms with Crippen molar-refractivity contribution in [3.05, 3.63) is 51.7 Å². The topological polar surface area (TPSA) is 24.9 Å². The molecule has 2 rings (SSSR count). The maximum absolute atomic E-state index is 13.1. The van der Waals surface area contributed by atoms with Gasteiger partial charge in [0.25, 0.3) is 0 Å². The Balaban J connectivity index is 2.21. The van der Waals surface area contributed by atoms with Crippen LogP contribution in [0.25, 0.3) is 0 Å². The average molecular weight is 306 g/mol. The van der Waals surface area contributed by atoms with E-state index in [1.807, 2.05) is 12.1 Å². The van der Waals surface area contributed by atoms with Gasteiger partial charge >= 0.3 is 0 Å². The fourth-order valence-electron chi connectivity index (χ4n) is 2.23. The lowest BCUT2D eigenvalue weighted by molar-refractivity contribution is 0.553. The van der Waals surface area contributed by atoms with Crippen LogP contribution in [0.4, 0.5) is 4.39 Å². The summed E-state index contributed by atoms with van der Waals surface area (Å²) < 4.78 is 13.1. The van der Waals surface area contributed by atoms with Gasteiger partial charge < -0.3 is 5.32 Å². The van der Waals surface area contributed by atoms with Gasteiger partial charge in [0.2, 0.25) is 0 Å². The molecule has 0 bridgehead atoms. The van der Waals surface area contributed by atoms with Gasteiger partial charge in [0, 0.05) is 16.8 Å². The summed E-state index contributed by atoms with van der Waals surface area (Å²) in [5.74, 6) is -0.202. The number of nitrogens with one attached hydrogen (secondary N) is 1. The summed E-state index contributed by atoms with van der Waals surface area (Å²) in [6.07, 6.45) is 1.11. The van der Waals surface area contributed by atoms with Crippen LogP contribution >= 0.6 is 11.3 Å². The van der Waals surface area contributed by atoms with Crippen molar-refractivity contribution in [3.8, 4) is 0 Å². The molecular weight excluding hydrogens is 283 g/mol. The minimum atomic E-state index is -0.207. The molecule has 0 saturated carbocycles. The highest BCUT2D eigenvalue weighted by Crippen LogP contribution is 2.34. The van der Waals surface area contributed by atoms with Gasteiger partial charge in [0.05, 0.1) is 5.69 Å². The maximum atomic E-state index is 13.1. The molecular formula is C17H23FN2S. The van der Waals surface area contributed by atoms with E-state index in [4.69, 9.17) is 4.98 Å². The Kier molecular flexibility index (Phi) is 5.12. The molecule has 0 amide bonds. The summed E-state index contributed by atoms with van der Waals surface area (Å²) in [6.45, 7) is 9.55. The summed E-state index contributed by atoms with van der Waals surface area (Å²) in [5.41, 5.74) is 1.96. The number of rotatable bonds is 6. The molecule has 4 heteroatoms. The van der Waals surface area contributed by atoms with Gasteiger partial charge in [-0.1, -0.05) is 19.1 Å². The monoisotopic (exact) mass is 306 g/mol. The van der Waals surface area contributed by atoms with Gasteiger partial charge in [0.15, 0.2) is 0 Å². The number of hydrogen-bond acceptors (Lipinski definition) is 3. The summed E-state index contributed by atoms with van der Waals surface area (Å²) in [6, 6.07) is 6.97. The van der Waals surface area contributed by atoms with Crippen molar-refractivity contribution in [1.82, 2.24) is 10.3 Å². The molecule has 0 radical (unpaired) electrons. The van der Waals surface area contributed by atoms with Crippen LogP contribution in [0.15, 0.2) is 29.6 Å². The van der Waals surface area contributed by atoms with E-state index in [9.17, 15) is 4.39 Å². The second-order valence-corrected chi connectivity index (χ2v) is 6.74. The van der Waals surface area contributed by atoms with Crippen LogP contribution in [-0.2, 0) is 5.41 Å². The Morgan fingerprint density at radius 1 is 1.29 bits per heavy atom. The van der Waals surface area contributed by atoms with Crippen LogP contribution in [0.2, 0.25) is 0 Å². The molecule has 2 aromatic rings. The average Bonchev–Trinajstić information content (AvgIpc) is 2.96. The van der Waals surface area contributed by atoms with Crippen molar-refractivity contribution in [3.63, 3.8) is 0 Å². The first-order chi connectivity index (χ1) is 9.95. The zero-order valence-corrected chi connectivity index (χ0v) is 13.9. The molecule has 1 unspecified atom stereocenters. The van der Waals surface area contributed by atoms with Gasteiger partial charge in [-0.15, -0.1) is 11.3 Å². The Hall–Kier alpha value is -1.26. The van der Waals surface area contributed by atoms with Gasteiger partial charge in [-0.05, 0) is 51.4 Å². The van der Waals surface area contributed by atoms with Crippen LogP contribution in [-0.4, -0.2) is 11.5 Å². The quantitative estimate of drug-likeness (QED) is 0.839. The molecule has 1 N–H and O–H groups in total. The molecule has 0 aliphatic carbocycles. The lowest BCUT2D eigenvalue weighted by Crippen LogP contribution is -2.21. The number of benzene rings is 1. The van der Waals surface area contributed by atoms with E-state index in [0.29, 0.717) is 0 Å². The third kappa shape index (κ3) is 3.69. The van der Waals surface area contributed by atoms with E-state index in [2.05, 4.69) is 38.4 Å². The third-order valence-electron chi connectivity index (χ3n) is 3.77. The molecule has 1 heterocycles. The fourth-order valence-corrected chi connectivity index (χ4v) is 3.29. The minimum Gasteiger partial charge on any atom is -0.309 e. The Morgan fingerprint density at radius 2 is 1.95 bits per heavy atom. The van der Waals surface area contributed by atoms with Crippen molar-refractivity contribution < 1.29 is 4.39 Å². The standard InChI is InChI=1S/C17H23FN2S/c1-5-10-19-12(2)15-11-21-16(20-15)17(3,4)13-6-8-14(18)9-7-13/h6-9,11-12,19H,5,10H2,1-4H3. The molecule has 2 nitrogen and oxygen atoms in total. The van der Waals surface area contributed by atoms with Crippen molar-refractivity contribution in [2.45, 2.75) is 45.6 Å². The molecule has 0 spiro atoms. The van der Waals surface area contributed by atoms with Crippen LogP contribution in [0.3, 0.4) is 0 Å². The van der Waals surface area contributed by atoms with Crippen molar-refractivity contribution in [2.75, 3.05) is 6.54 Å². The third-order valence-corrected chi connectivity index (χ3v) is 4.95. The molecule has 1 aromatic carbocycles. The Bertz CT molecular complexity index is 575. The van der Waals surface area contributed by atoms with Gasteiger partial charge in [-0.25, -0.2) is 9.37 Å². The summed E-state index contributed by atoms with van der Waals surface area (Å²) in [5, 5.41) is 6.64. The molecule has 0 fully saturated rings. The second-order valence-electron chi connectivity index (χ2n) is 5.89. The van der Waals surface area contributed by atoms with E-state index in [1.54, 1.807) is 11.3 Å². The highest BCUT2D eigenvalue weighted by molar-refractivity contribution is 7.09. The second kappa shape index (κ2) is 6.67. The van der Waals surface area contributed by atoms with E-state index in [0.717, 1.165) is 29.2 Å². The number of halogens is 1. The Morgan fingerprint density at radius 3 is 2.57 bits per heavy atom. The summed E-state index contributed by atoms with van der Waals surface area (Å²) in [4.78, 5) is 4.80. The first kappa shape index (κ1) is 16.1. The van der Waals surface area contributed by atoms with Crippen LogP contribution in [0.5, 0.6) is 0 Å². The van der Waals surface area contributed by atoms with Crippen LogP contribution in [0, 0.1) is 5.82 Å². The van der Waals surface area contributed by atoms with E-state index in [1.165, 1.54) is 12.1 Å². The van der Waals surface area contributed by atoms with E-state index >= 15 is 0 Å². The predicted molar refractivity (Wildman–Crippen MR) is 87.4 cm³/mol. The molecule has 114 valence electrons. The van der Waals surface area contributed by atoms with Gasteiger partial charge in [0.1, 0.15) is 10.8 Å². The molecule has 1 atom stereocenters. The fraction of sp³-hybridized carbons (Fsp3) is 0.471. The number of thiazole rings is 1. The maximum Gasteiger partial charge on any atom is 0.123 e. The van der Waals surface area contributed by atoms with Crippen molar-refractivity contribution >= 4 is 11.3 Å². The zero-order valence-electron chi connectivity index (χ0n) is 13.1. The number of aromatic nitrogens is 1. The van der Waals surface area contributed by atoms with Gasteiger partial charge in [-0.2, -0.15) is 0 Å². The lowest BCUT2D eigenvalue weighted by Gasteiger charge is -2.22. The lowest BCUT2D eigenvalue weighted by atomic mass is 9.85. The highest BCUT2D eigenvalue weighted by Gasteiger charge is 2.27. The molecule has 21 heavy (non-hydrogen) atoms. The normalized spacial score (nSPS) is 13.4. The first-order valence-electron chi connectivity index (χ1n) is 7.40. The summed E-state index contributed by atoms with van der Waals surface area (Å²) in [7, 11) is 0. The highest BCUT2D eigenvalue weighted by atomic mass is 32.1. The predicted octanol–water partition coefficient (Wildman–Crippen LogP) is 4.67. The summed E-state index contributed by atoms with van der Waals surface area (Å²) >= 11 is 1.67. The Labute approximate surface area is 130 Å². The largest absolute Gasteiger partial charge is 0.309 e. The first-order valence-corrected chi connectivity index (χ1v) is 8.28.